The van der Waals surface area contributed by atoms with Crippen molar-refractivity contribution < 1.29 is 18.4 Å². The van der Waals surface area contributed by atoms with Crippen LogP contribution in [0.1, 0.15) is 24.8 Å². The largest absolute Gasteiger partial charge is 0.341 e. The van der Waals surface area contributed by atoms with Crippen LogP contribution in [0.3, 0.4) is 0 Å². The number of amides is 2. The Balaban J connectivity index is 1.61. The molecule has 0 unspecified atom stereocenters. The quantitative estimate of drug-likeness (QED) is 0.850. The normalized spacial score (nSPS) is 19.0. The third kappa shape index (κ3) is 3.86. The highest BCUT2D eigenvalue weighted by molar-refractivity contribution is 5.81. The van der Waals surface area contributed by atoms with E-state index in [2.05, 4.69) is 0 Å². The summed E-state index contributed by atoms with van der Waals surface area (Å²) in [5.74, 6) is -1.50. The van der Waals surface area contributed by atoms with Gasteiger partial charge in [0, 0.05) is 38.2 Å². The van der Waals surface area contributed by atoms with Gasteiger partial charge < -0.3 is 9.80 Å². The summed E-state index contributed by atoms with van der Waals surface area (Å²) in [7, 11) is 0. The number of rotatable bonds is 4. The second-order valence-electron chi connectivity index (χ2n) is 6.30. The van der Waals surface area contributed by atoms with E-state index in [0.29, 0.717) is 32.0 Å². The van der Waals surface area contributed by atoms with Crippen LogP contribution in [-0.2, 0) is 16.0 Å². The molecule has 0 aromatic heterocycles. The van der Waals surface area contributed by atoms with Crippen LogP contribution in [0.2, 0.25) is 0 Å². The summed E-state index contributed by atoms with van der Waals surface area (Å²) in [6, 6.07) is 3.84. The molecule has 2 aliphatic rings. The Morgan fingerprint density at radius 3 is 2.70 bits per heavy atom. The van der Waals surface area contributed by atoms with Gasteiger partial charge in [-0.15, -0.1) is 0 Å². The van der Waals surface area contributed by atoms with Crippen LogP contribution < -0.4 is 0 Å². The van der Waals surface area contributed by atoms with Crippen LogP contribution in [0, 0.1) is 17.6 Å². The summed E-state index contributed by atoms with van der Waals surface area (Å²) in [5, 5.41) is 0. The molecule has 0 radical (unpaired) electrons. The van der Waals surface area contributed by atoms with E-state index >= 15 is 0 Å². The first-order chi connectivity index (χ1) is 11.0. The Bertz CT molecular complexity index is 617. The van der Waals surface area contributed by atoms with E-state index in [1.54, 1.807) is 4.90 Å². The average molecular weight is 322 g/mol. The van der Waals surface area contributed by atoms with E-state index in [4.69, 9.17) is 0 Å². The molecule has 4 nitrogen and oxygen atoms in total. The van der Waals surface area contributed by atoms with Crippen molar-refractivity contribution in [1.82, 2.24) is 9.80 Å². The lowest BCUT2D eigenvalue weighted by atomic mass is 10.1. The Morgan fingerprint density at radius 2 is 1.96 bits per heavy atom. The van der Waals surface area contributed by atoms with Crippen LogP contribution in [-0.4, -0.2) is 47.8 Å². The van der Waals surface area contributed by atoms with Crippen molar-refractivity contribution in [2.24, 2.45) is 5.92 Å². The van der Waals surface area contributed by atoms with Crippen molar-refractivity contribution in [1.29, 1.82) is 0 Å². The Kier molecular flexibility index (Phi) is 4.59. The van der Waals surface area contributed by atoms with Crippen LogP contribution in [0.5, 0.6) is 0 Å². The van der Waals surface area contributed by atoms with Gasteiger partial charge in [0.2, 0.25) is 11.8 Å². The number of nitrogens with zero attached hydrogens (tertiary/aromatic N) is 2. The second kappa shape index (κ2) is 6.64. The molecule has 1 saturated carbocycles. The standard InChI is InChI=1S/C17H20F2N2O2/c18-14-3-1-2-13(17(14)19)10-16(23)20-7-6-15(22)21(9-8-20)11-12-4-5-12/h1-3,12H,4-11H2. The minimum Gasteiger partial charge on any atom is -0.341 e. The van der Waals surface area contributed by atoms with Crippen LogP contribution in [0.25, 0.3) is 0 Å². The molecule has 1 heterocycles. The van der Waals surface area contributed by atoms with Crippen molar-refractivity contribution in [3.63, 3.8) is 0 Å². The van der Waals surface area contributed by atoms with Gasteiger partial charge in [-0.3, -0.25) is 9.59 Å². The Labute approximate surface area is 134 Å². The molecule has 0 bridgehead atoms. The van der Waals surface area contributed by atoms with E-state index in [0.717, 1.165) is 12.6 Å². The molecule has 1 saturated heterocycles. The van der Waals surface area contributed by atoms with Gasteiger partial charge in [-0.1, -0.05) is 12.1 Å². The predicted molar refractivity (Wildman–Crippen MR) is 80.6 cm³/mol. The third-order valence-electron chi connectivity index (χ3n) is 4.49. The topological polar surface area (TPSA) is 40.6 Å². The highest BCUT2D eigenvalue weighted by Crippen LogP contribution is 2.30. The molecule has 1 aliphatic carbocycles. The van der Waals surface area contributed by atoms with Crippen molar-refractivity contribution in [3.8, 4) is 0 Å². The van der Waals surface area contributed by atoms with Crippen LogP contribution in [0.15, 0.2) is 18.2 Å². The molecule has 2 amide bonds. The summed E-state index contributed by atoms with van der Waals surface area (Å²) in [6.07, 6.45) is 2.46. The predicted octanol–water partition coefficient (Wildman–Crippen LogP) is 1.98. The van der Waals surface area contributed by atoms with Gasteiger partial charge in [-0.05, 0) is 24.8 Å². The van der Waals surface area contributed by atoms with E-state index < -0.39 is 11.6 Å². The first-order valence-electron chi connectivity index (χ1n) is 8.03. The number of benzene rings is 1. The smallest absolute Gasteiger partial charge is 0.227 e. The maximum Gasteiger partial charge on any atom is 0.227 e. The highest BCUT2D eigenvalue weighted by atomic mass is 19.2. The van der Waals surface area contributed by atoms with Gasteiger partial charge in [-0.25, -0.2) is 8.78 Å². The van der Waals surface area contributed by atoms with Gasteiger partial charge in [0.1, 0.15) is 0 Å². The molecule has 23 heavy (non-hydrogen) atoms. The molecular formula is C17H20F2N2O2. The maximum absolute atomic E-state index is 13.7. The number of halogens is 2. The van der Waals surface area contributed by atoms with Gasteiger partial charge in [-0.2, -0.15) is 0 Å². The van der Waals surface area contributed by atoms with Gasteiger partial charge >= 0.3 is 0 Å². The second-order valence-corrected chi connectivity index (χ2v) is 6.30. The monoisotopic (exact) mass is 322 g/mol. The fourth-order valence-corrected chi connectivity index (χ4v) is 2.88. The molecule has 6 heteroatoms. The minimum atomic E-state index is -0.970. The van der Waals surface area contributed by atoms with Crippen LogP contribution >= 0.6 is 0 Å². The van der Waals surface area contributed by atoms with Crippen molar-refractivity contribution >= 4 is 11.8 Å². The molecule has 0 spiro atoms. The summed E-state index contributed by atoms with van der Waals surface area (Å²) < 4.78 is 26.9. The highest BCUT2D eigenvalue weighted by Gasteiger charge is 2.29. The van der Waals surface area contributed by atoms with Gasteiger partial charge in [0.25, 0.3) is 0 Å². The molecule has 2 fully saturated rings. The van der Waals surface area contributed by atoms with Crippen molar-refractivity contribution in [2.75, 3.05) is 26.2 Å². The fourth-order valence-electron chi connectivity index (χ4n) is 2.88. The lowest BCUT2D eigenvalue weighted by Gasteiger charge is -2.22. The summed E-state index contributed by atoms with van der Waals surface area (Å²) in [5.41, 5.74) is 0.0559. The SMILES string of the molecule is O=C(Cc1cccc(F)c1F)N1CCC(=O)N(CC2CC2)CC1. The number of hydrogen-bond acceptors (Lipinski definition) is 2. The zero-order valence-electron chi connectivity index (χ0n) is 12.9. The number of carbonyl (C=O) groups excluding carboxylic acids is 2. The van der Waals surface area contributed by atoms with Crippen molar-refractivity contribution in [3.05, 3.63) is 35.4 Å². The molecule has 0 atom stereocenters. The Morgan fingerprint density at radius 1 is 1.17 bits per heavy atom. The lowest BCUT2D eigenvalue weighted by Crippen LogP contribution is -2.37. The van der Waals surface area contributed by atoms with E-state index in [1.165, 1.54) is 25.0 Å². The molecule has 0 N–H and O–H groups in total. The lowest BCUT2D eigenvalue weighted by molar-refractivity contribution is -0.130. The molecular weight excluding hydrogens is 302 g/mol. The number of carbonyl (C=O) groups is 2. The average Bonchev–Trinajstić information content (AvgIpc) is 3.35. The van der Waals surface area contributed by atoms with Crippen LogP contribution in [0.4, 0.5) is 8.78 Å². The molecule has 3 rings (SSSR count). The molecule has 1 aromatic carbocycles. The van der Waals surface area contributed by atoms with Gasteiger partial charge in [0.05, 0.1) is 6.42 Å². The third-order valence-corrected chi connectivity index (χ3v) is 4.49. The summed E-state index contributed by atoms with van der Waals surface area (Å²) in [6.45, 7) is 2.09. The first-order valence-corrected chi connectivity index (χ1v) is 8.03. The van der Waals surface area contributed by atoms with Crippen molar-refractivity contribution in [2.45, 2.75) is 25.7 Å². The zero-order chi connectivity index (χ0) is 16.4. The van der Waals surface area contributed by atoms with E-state index in [1.807, 2.05) is 4.90 Å². The molecule has 1 aromatic rings. The van der Waals surface area contributed by atoms with Gasteiger partial charge in [0.15, 0.2) is 11.6 Å². The zero-order valence-corrected chi connectivity index (χ0v) is 12.9. The molecule has 124 valence electrons. The fraction of sp³-hybridized carbons (Fsp3) is 0.529. The Hall–Kier alpha value is -1.98. The molecule has 1 aliphatic heterocycles. The number of hydrogen-bond donors (Lipinski definition) is 0. The summed E-state index contributed by atoms with van der Waals surface area (Å²) in [4.78, 5) is 27.8. The minimum absolute atomic E-state index is 0.0559. The summed E-state index contributed by atoms with van der Waals surface area (Å²) >= 11 is 0. The first kappa shape index (κ1) is 15.9. The maximum atomic E-state index is 13.7. The van der Waals surface area contributed by atoms with E-state index in [9.17, 15) is 18.4 Å². The van der Waals surface area contributed by atoms with E-state index in [-0.39, 0.29) is 23.8 Å².